The van der Waals surface area contributed by atoms with E-state index in [0.717, 1.165) is 10.2 Å². The van der Waals surface area contributed by atoms with E-state index in [0.29, 0.717) is 10.9 Å². The summed E-state index contributed by atoms with van der Waals surface area (Å²) in [5.41, 5.74) is 2.20. The number of amides is 1. The van der Waals surface area contributed by atoms with Crippen LogP contribution in [0.2, 0.25) is 0 Å². The van der Waals surface area contributed by atoms with E-state index in [1.54, 1.807) is 6.92 Å². The molecule has 0 aliphatic rings. The first kappa shape index (κ1) is 17.4. The molecule has 1 atom stereocenters. The number of fused-ring (bicyclic) bond motifs is 1. The summed E-state index contributed by atoms with van der Waals surface area (Å²) in [7, 11) is 0. The molecule has 0 radical (unpaired) electrons. The Hall–Kier alpha value is -2.40. The van der Waals surface area contributed by atoms with Gasteiger partial charge in [0, 0.05) is 0 Å². The van der Waals surface area contributed by atoms with Gasteiger partial charge in [0.25, 0.3) is 5.91 Å². The number of carbonyl (C=O) groups is 1. The molecule has 0 bridgehead atoms. The van der Waals surface area contributed by atoms with Crippen LogP contribution in [0.4, 0.5) is 5.13 Å². The largest absolute Gasteiger partial charge is 0.481 e. The van der Waals surface area contributed by atoms with Crippen LogP contribution in [0.1, 0.15) is 33.3 Å². The third-order valence-corrected chi connectivity index (χ3v) is 4.88. The molecule has 25 heavy (non-hydrogen) atoms. The van der Waals surface area contributed by atoms with Gasteiger partial charge in [-0.15, -0.1) is 0 Å². The summed E-state index contributed by atoms with van der Waals surface area (Å²) < 4.78 is 6.80. The number of benzene rings is 2. The van der Waals surface area contributed by atoms with E-state index in [1.807, 2.05) is 48.5 Å². The molecule has 1 heterocycles. The molecule has 0 fully saturated rings. The standard InChI is InChI=1S/C20H22N2O2S/c1-13(24-15-11-9-14(10-12-15)20(2,3)4)18(23)22-19-21-16-7-5-6-8-17(16)25-19/h5-13H,1-4H3,(H,21,22,23). The molecule has 1 N–H and O–H groups in total. The zero-order valence-electron chi connectivity index (χ0n) is 14.9. The van der Waals surface area contributed by atoms with Gasteiger partial charge < -0.3 is 4.74 Å². The van der Waals surface area contributed by atoms with Gasteiger partial charge in [0.1, 0.15) is 5.75 Å². The van der Waals surface area contributed by atoms with Crippen molar-refractivity contribution in [3.05, 3.63) is 54.1 Å². The average molecular weight is 354 g/mol. The monoisotopic (exact) mass is 354 g/mol. The molecule has 0 saturated carbocycles. The van der Waals surface area contributed by atoms with Crippen molar-refractivity contribution < 1.29 is 9.53 Å². The van der Waals surface area contributed by atoms with Gasteiger partial charge in [-0.3, -0.25) is 10.1 Å². The van der Waals surface area contributed by atoms with Crippen molar-refractivity contribution in [1.29, 1.82) is 0 Å². The number of carbonyl (C=O) groups excluding carboxylic acids is 1. The highest BCUT2D eigenvalue weighted by Gasteiger charge is 2.18. The number of ether oxygens (including phenoxy) is 1. The summed E-state index contributed by atoms with van der Waals surface area (Å²) in [6.45, 7) is 8.23. The molecule has 0 spiro atoms. The molecule has 1 aromatic heterocycles. The van der Waals surface area contributed by atoms with Crippen molar-refractivity contribution in [1.82, 2.24) is 4.98 Å². The van der Waals surface area contributed by atoms with E-state index >= 15 is 0 Å². The first-order chi connectivity index (χ1) is 11.8. The number of hydrogen-bond acceptors (Lipinski definition) is 4. The van der Waals surface area contributed by atoms with Crippen LogP contribution in [0.25, 0.3) is 10.2 Å². The molecule has 1 amide bonds. The second-order valence-electron chi connectivity index (χ2n) is 7.01. The van der Waals surface area contributed by atoms with Crippen molar-refractivity contribution >= 4 is 32.6 Å². The maximum atomic E-state index is 12.4. The van der Waals surface area contributed by atoms with Gasteiger partial charge in [0.05, 0.1) is 10.2 Å². The van der Waals surface area contributed by atoms with E-state index in [2.05, 4.69) is 31.1 Å². The van der Waals surface area contributed by atoms with Crippen LogP contribution in [-0.4, -0.2) is 17.0 Å². The highest BCUT2D eigenvalue weighted by Crippen LogP contribution is 2.26. The van der Waals surface area contributed by atoms with Crippen LogP contribution < -0.4 is 10.1 Å². The van der Waals surface area contributed by atoms with E-state index in [-0.39, 0.29) is 11.3 Å². The summed E-state index contributed by atoms with van der Waals surface area (Å²) >= 11 is 1.46. The zero-order valence-corrected chi connectivity index (χ0v) is 15.7. The number of aromatic nitrogens is 1. The predicted octanol–water partition coefficient (Wildman–Crippen LogP) is 5.00. The maximum absolute atomic E-state index is 12.4. The predicted molar refractivity (Wildman–Crippen MR) is 103 cm³/mol. The molecule has 2 aromatic carbocycles. The topological polar surface area (TPSA) is 51.2 Å². The summed E-state index contributed by atoms with van der Waals surface area (Å²) in [6.07, 6.45) is -0.604. The molecular weight excluding hydrogens is 332 g/mol. The molecule has 130 valence electrons. The first-order valence-corrected chi connectivity index (χ1v) is 9.08. The van der Waals surface area contributed by atoms with Gasteiger partial charge in [-0.25, -0.2) is 4.98 Å². The minimum atomic E-state index is -0.604. The molecule has 3 aromatic rings. The fourth-order valence-electron chi connectivity index (χ4n) is 2.42. The van der Waals surface area contributed by atoms with Crippen LogP contribution in [0.3, 0.4) is 0 Å². The van der Waals surface area contributed by atoms with E-state index in [9.17, 15) is 4.79 Å². The number of rotatable bonds is 4. The van der Waals surface area contributed by atoms with Crippen molar-refractivity contribution in [2.75, 3.05) is 5.32 Å². The minimum absolute atomic E-state index is 0.0916. The lowest BCUT2D eigenvalue weighted by atomic mass is 9.87. The minimum Gasteiger partial charge on any atom is -0.481 e. The van der Waals surface area contributed by atoms with Crippen LogP contribution in [0.15, 0.2) is 48.5 Å². The van der Waals surface area contributed by atoms with Crippen LogP contribution in [0.5, 0.6) is 5.75 Å². The van der Waals surface area contributed by atoms with Crippen molar-refractivity contribution in [3.63, 3.8) is 0 Å². The molecular formula is C20H22N2O2S. The van der Waals surface area contributed by atoms with Crippen LogP contribution in [-0.2, 0) is 10.2 Å². The van der Waals surface area contributed by atoms with Gasteiger partial charge in [-0.2, -0.15) is 0 Å². The van der Waals surface area contributed by atoms with Crippen molar-refractivity contribution in [3.8, 4) is 5.75 Å². The molecule has 4 nitrogen and oxygen atoms in total. The quantitative estimate of drug-likeness (QED) is 0.717. The third kappa shape index (κ3) is 4.17. The Morgan fingerprint density at radius 2 is 1.80 bits per heavy atom. The van der Waals surface area contributed by atoms with Crippen LogP contribution in [0, 0.1) is 0 Å². The molecule has 0 aliphatic heterocycles. The average Bonchev–Trinajstić information content (AvgIpc) is 2.96. The maximum Gasteiger partial charge on any atom is 0.266 e. The van der Waals surface area contributed by atoms with Gasteiger partial charge >= 0.3 is 0 Å². The third-order valence-electron chi connectivity index (χ3n) is 3.93. The SMILES string of the molecule is CC(Oc1ccc(C(C)(C)C)cc1)C(=O)Nc1nc2ccccc2s1. The Balaban J connectivity index is 1.64. The summed E-state index contributed by atoms with van der Waals surface area (Å²) in [5.74, 6) is 0.471. The Labute approximate surface area is 151 Å². The number of thiazole rings is 1. The molecule has 1 unspecified atom stereocenters. The fraction of sp³-hybridized carbons (Fsp3) is 0.300. The van der Waals surface area contributed by atoms with E-state index < -0.39 is 6.10 Å². The molecule has 0 saturated heterocycles. The Morgan fingerprint density at radius 1 is 1.12 bits per heavy atom. The summed E-state index contributed by atoms with van der Waals surface area (Å²) in [6, 6.07) is 15.7. The van der Waals surface area contributed by atoms with Gasteiger partial charge in [-0.05, 0) is 42.2 Å². The number of nitrogens with zero attached hydrogens (tertiary/aromatic N) is 1. The second-order valence-corrected chi connectivity index (χ2v) is 8.04. The fourth-order valence-corrected chi connectivity index (χ4v) is 3.29. The first-order valence-electron chi connectivity index (χ1n) is 8.26. The number of hydrogen-bond donors (Lipinski definition) is 1. The number of para-hydroxylation sites is 1. The Morgan fingerprint density at radius 3 is 2.44 bits per heavy atom. The number of anilines is 1. The van der Waals surface area contributed by atoms with Crippen molar-refractivity contribution in [2.24, 2.45) is 0 Å². The van der Waals surface area contributed by atoms with Crippen molar-refractivity contribution in [2.45, 2.75) is 39.2 Å². The lowest BCUT2D eigenvalue weighted by molar-refractivity contribution is -0.122. The molecule has 5 heteroatoms. The smallest absolute Gasteiger partial charge is 0.266 e. The van der Waals surface area contributed by atoms with Gasteiger partial charge in [0.2, 0.25) is 0 Å². The van der Waals surface area contributed by atoms with Gasteiger partial charge in [0.15, 0.2) is 11.2 Å². The summed E-state index contributed by atoms with van der Waals surface area (Å²) in [4.78, 5) is 16.8. The molecule has 0 aliphatic carbocycles. The lowest BCUT2D eigenvalue weighted by Gasteiger charge is -2.20. The highest BCUT2D eigenvalue weighted by molar-refractivity contribution is 7.22. The normalized spacial score (nSPS) is 12.8. The number of nitrogens with one attached hydrogen (secondary N) is 1. The van der Waals surface area contributed by atoms with E-state index in [4.69, 9.17) is 4.74 Å². The zero-order chi connectivity index (χ0) is 18.0. The highest BCUT2D eigenvalue weighted by atomic mass is 32.1. The Bertz CT molecular complexity index is 846. The Kier molecular flexibility index (Phi) is 4.77. The molecule has 3 rings (SSSR count). The van der Waals surface area contributed by atoms with E-state index in [1.165, 1.54) is 16.9 Å². The lowest BCUT2D eigenvalue weighted by Crippen LogP contribution is -2.30. The summed E-state index contributed by atoms with van der Waals surface area (Å²) in [5, 5.41) is 3.42. The van der Waals surface area contributed by atoms with Crippen LogP contribution >= 0.6 is 11.3 Å². The second kappa shape index (κ2) is 6.84. The van der Waals surface area contributed by atoms with Gasteiger partial charge in [-0.1, -0.05) is 56.4 Å².